The van der Waals surface area contributed by atoms with Gasteiger partial charge in [0.15, 0.2) is 5.78 Å². The molecule has 0 atom stereocenters. The number of carbonyl (C=O) groups is 3. The lowest BCUT2D eigenvalue weighted by Gasteiger charge is -2.38. The number of hydrogen-bond donors (Lipinski definition) is 1. The van der Waals surface area contributed by atoms with Gasteiger partial charge in [0, 0.05) is 25.7 Å². The van der Waals surface area contributed by atoms with Gasteiger partial charge in [-0.1, -0.05) is 6.07 Å². The number of aromatic nitrogens is 1. The predicted molar refractivity (Wildman–Crippen MR) is 94.8 cm³/mol. The quantitative estimate of drug-likeness (QED) is 0.638. The second-order valence-electron chi connectivity index (χ2n) is 7.72. The summed E-state index contributed by atoms with van der Waals surface area (Å²) < 4.78 is 5.31. The molecule has 0 radical (unpaired) electrons. The number of piperidine rings is 1. The summed E-state index contributed by atoms with van der Waals surface area (Å²) >= 11 is 0. The zero-order valence-corrected chi connectivity index (χ0v) is 15.5. The van der Waals surface area contributed by atoms with Crippen molar-refractivity contribution in [1.82, 2.24) is 9.88 Å². The summed E-state index contributed by atoms with van der Waals surface area (Å²) in [5.74, 6) is -0.681. The number of aliphatic hydroxyl groups is 1. The number of nitrogens with zero attached hydrogens (tertiary/aromatic N) is 2. The fourth-order valence-corrected chi connectivity index (χ4v) is 2.84. The maximum Gasteiger partial charge on any atom is 0.410 e. The number of rotatable bonds is 5. The first-order chi connectivity index (χ1) is 12.1. The molecule has 7 nitrogen and oxygen atoms in total. The molecule has 1 aromatic rings. The van der Waals surface area contributed by atoms with Crippen LogP contribution in [0.2, 0.25) is 0 Å². The van der Waals surface area contributed by atoms with Crippen LogP contribution >= 0.6 is 0 Å². The topological polar surface area (TPSA) is 96.8 Å². The molecule has 1 N–H and O–H groups in total. The van der Waals surface area contributed by atoms with Crippen LogP contribution in [0.3, 0.4) is 0 Å². The molecule has 2 rings (SSSR count). The van der Waals surface area contributed by atoms with Gasteiger partial charge >= 0.3 is 6.09 Å². The van der Waals surface area contributed by atoms with E-state index >= 15 is 0 Å². The number of likely N-dealkylation sites (tertiary alicyclic amines) is 1. The first kappa shape index (κ1) is 20.0. The molecule has 0 aromatic carbocycles. The van der Waals surface area contributed by atoms with E-state index in [1.165, 1.54) is 11.1 Å². The van der Waals surface area contributed by atoms with Gasteiger partial charge in [0.25, 0.3) is 0 Å². The van der Waals surface area contributed by atoms with Gasteiger partial charge in [0.2, 0.25) is 0 Å². The van der Waals surface area contributed by atoms with Crippen LogP contribution in [0.25, 0.3) is 0 Å². The molecule has 1 aliphatic heterocycles. The summed E-state index contributed by atoms with van der Waals surface area (Å²) in [4.78, 5) is 41.7. The van der Waals surface area contributed by atoms with Gasteiger partial charge in [-0.05, 0) is 45.7 Å². The van der Waals surface area contributed by atoms with E-state index in [0.717, 1.165) is 0 Å². The van der Waals surface area contributed by atoms with Gasteiger partial charge in [-0.3, -0.25) is 14.6 Å². The highest BCUT2D eigenvalue weighted by Crippen LogP contribution is 2.27. The minimum absolute atomic E-state index is 0.103. The SMILES string of the molecule is CC(C)(C)OC(=O)N1CCC(O)(CC(=O)CC(=O)c2ccccn2)CC1. The summed E-state index contributed by atoms with van der Waals surface area (Å²) in [6.45, 7) is 6.01. The Morgan fingerprint density at radius 2 is 1.88 bits per heavy atom. The highest BCUT2D eigenvalue weighted by molar-refractivity contribution is 6.07. The van der Waals surface area contributed by atoms with Gasteiger partial charge in [0.1, 0.15) is 17.1 Å². The third kappa shape index (κ3) is 5.91. The number of hydrogen-bond acceptors (Lipinski definition) is 6. The highest BCUT2D eigenvalue weighted by Gasteiger charge is 2.37. The Kier molecular flexibility index (Phi) is 6.13. The zero-order chi connectivity index (χ0) is 19.4. The lowest BCUT2D eigenvalue weighted by atomic mass is 9.85. The van der Waals surface area contributed by atoms with E-state index < -0.39 is 17.3 Å². The molecule has 0 bridgehead atoms. The Morgan fingerprint density at radius 1 is 1.23 bits per heavy atom. The second-order valence-corrected chi connectivity index (χ2v) is 7.72. The molecular weight excluding hydrogens is 336 g/mol. The van der Waals surface area contributed by atoms with Crippen molar-refractivity contribution in [3.05, 3.63) is 30.1 Å². The summed E-state index contributed by atoms with van der Waals surface area (Å²) in [6.07, 6.45) is 1.24. The molecule has 1 aliphatic rings. The van der Waals surface area contributed by atoms with Crippen LogP contribution < -0.4 is 0 Å². The number of ketones is 2. The van der Waals surface area contributed by atoms with Crippen LogP contribution in [0.15, 0.2) is 24.4 Å². The lowest BCUT2D eigenvalue weighted by molar-refractivity contribution is -0.125. The maximum absolute atomic E-state index is 12.2. The first-order valence-electron chi connectivity index (χ1n) is 8.74. The van der Waals surface area contributed by atoms with Crippen LogP contribution in [0.4, 0.5) is 4.79 Å². The van der Waals surface area contributed by atoms with E-state index in [0.29, 0.717) is 13.1 Å². The Hall–Kier alpha value is -2.28. The third-order valence-electron chi connectivity index (χ3n) is 4.18. The molecular formula is C19H26N2O5. The van der Waals surface area contributed by atoms with Gasteiger partial charge in [0.05, 0.1) is 12.0 Å². The van der Waals surface area contributed by atoms with Gasteiger partial charge in [-0.2, -0.15) is 0 Å². The Balaban J connectivity index is 1.84. The monoisotopic (exact) mass is 362 g/mol. The number of pyridine rings is 1. The summed E-state index contributed by atoms with van der Waals surface area (Å²) in [7, 11) is 0. The molecule has 1 amide bonds. The molecule has 7 heteroatoms. The average molecular weight is 362 g/mol. The van der Waals surface area contributed by atoms with Crippen LogP contribution in [0.5, 0.6) is 0 Å². The molecule has 142 valence electrons. The molecule has 26 heavy (non-hydrogen) atoms. The van der Waals surface area contributed by atoms with E-state index in [2.05, 4.69) is 4.98 Å². The van der Waals surface area contributed by atoms with Crippen molar-refractivity contribution in [2.24, 2.45) is 0 Å². The standard InChI is InChI=1S/C19H26N2O5/c1-18(2,3)26-17(24)21-10-7-19(25,8-11-21)13-14(22)12-16(23)15-6-4-5-9-20-15/h4-6,9,25H,7-8,10-13H2,1-3H3. The van der Waals surface area contributed by atoms with E-state index in [9.17, 15) is 19.5 Å². The fraction of sp³-hybridized carbons (Fsp3) is 0.579. The van der Waals surface area contributed by atoms with Crippen molar-refractivity contribution in [2.75, 3.05) is 13.1 Å². The van der Waals surface area contributed by atoms with Crippen LogP contribution in [0, 0.1) is 0 Å². The average Bonchev–Trinajstić information content (AvgIpc) is 2.54. The van der Waals surface area contributed by atoms with Gasteiger partial charge < -0.3 is 14.7 Å². The van der Waals surface area contributed by atoms with E-state index in [1.54, 1.807) is 39.0 Å². The number of amides is 1. The first-order valence-corrected chi connectivity index (χ1v) is 8.74. The fourth-order valence-electron chi connectivity index (χ4n) is 2.84. The van der Waals surface area contributed by atoms with E-state index in [-0.39, 0.29) is 42.9 Å². The smallest absolute Gasteiger partial charge is 0.410 e. The van der Waals surface area contributed by atoms with Crippen LogP contribution in [-0.2, 0) is 9.53 Å². The molecule has 0 spiro atoms. The van der Waals surface area contributed by atoms with Crippen LogP contribution in [0.1, 0.15) is 56.9 Å². The van der Waals surface area contributed by atoms with Gasteiger partial charge in [-0.15, -0.1) is 0 Å². The largest absolute Gasteiger partial charge is 0.444 e. The van der Waals surface area contributed by atoms with Crippen LogP contribution in [-0.4, -0.2) is 56.9 Å². The molecule has 1 saturated heterocycles. The van der Waals surface area contributed by atoms with Crippen molar-refractivity contribution in [3.63, 3.8) is 0 Å². The molecule has 0 saturated carbocycles. The lowest BCUT2D eigenvalue weighted by Crippen LogP contribution is -2.48. The van der Waals surface area contributed by atoms with Crippen molar-refractivity contribution in [3.8, 4) is 0 Å². The number of ether oxygens (including phenoxy) is 1. The van der Waals surface area contributed by atoms with Gasteiger partial charge in [-0.25, -0.2) is 4.79 Å². The van der Waals surface area contributed by atoms with Crippen molar-refractivity contribution >= 4 is 17.7 Å². The molecule has 1 fully saturated rings. The zero-order valence-electron chi connectivity index (χ0n) is 15.5. The van der Waals surface area contributed by atoms with Crippen molar-refractivity contribution < 1.29 is 24.2 Å². The highest BCUT2D eigenvalue weighted by atomic mass is 16.6. The summed E-state index contributed by atoms with van der Waals surface area (Å²) in [6, 6.07) is 4.94. The Morgan fingerprint density at radius 3 is 2.42 bits per heavy atom. The normalized spacial score (nSPS) is 16.8. The molecule has 1 aromatic heterocycles. The third-order valence-corrected chi connectivity index (χ3v) is 4.18. The summed E-state index contributed by atoms with van der Waals surface area (Å²) in [5, 5.41) is 10.6. The number of carbonyl (C=O) groups excluding carboxylic acids is 3. The molecule has 0 aliphatic carbocycles. The predicted octanol–water partition coefficient (Wildman–Crippen LogP) is 2.38. The second kappa shape index (κ2) is 7.95. The van der Waals surface area contributed by atoms with Crippen molar-refractivity contribution in [2.45, 2.75) is 57.7 Å². The van der Waals surface area contributed by atoms with E-state index in [4.69, 9.17) is 4.74 Å². The Bertz CT molecular complexity index is 658. The minimum Gasteiger partial charge on any atom is -0.444 e. The summed E-state index contributed by atoms with van der Waals surface area (Å²) in [5.41, 5.74) is -1.53. The maximum atomic E-state index is 12.2. The number of Topliss-reactive ketones (excluding diaryl/α,β-unsaturated/α-hetero) is 2. The van der Waals surface area contributed by atoms with E-state index in [1.807, 2.05) is 0 Å². The Labute approximate surface area is 153 Å². The minimum atomic E-state index is -1.19. The molecule has 2 heterocycles. The van der Waals surface area contributed by atoms with Crippen molar-refractivity contribution in [1.29, 1.82) is 0 Å². The molecule has 0 unspecified atom stereocenters.